The summed E-state index contributed by atoms with van der Waals surface area (Å²) in [4.78, 5) is 46.3. The first-order chi connectivity index (χ1) is 20.2. The van der Waals surface area contributed by atoms with Crippen LogP contribution in [0.15, 0.2) is 89.9 Å². The average molecular weight is 572 g/mol. The molecule has 4 amide bonds. The average Bonchev–Trinajstić information content (AvgIpc) is 2.98. The maximum Gasteiger partial charge on any atom is 0.319 e. The first-order valence-electron chi connectivity index (χ1n) is 13.9. The maximum atomic E-state index is 13.7. The van der Waals surface area contributed by atoms with Crippen LogP contribution in [0.25, 0.3) is 0 Å². The van der Waals surface area contributed by atoms with Crippen molar-refractivity contribution < 1.29 is 14.4 Å². The van der Waals surface area contributed by atoms with Gasteiger partial charge in [-0.3, -0.25) is 14.6 Å². The van der Waals surface area contributed by atoms with E-state index in [-0.39, 0.29) is 30.3 Å². The van der Waals surface area contributed by atoms with E-state index >= 15 is 0 Å². The Bertz CT molecular complexity index is 1290. The summed E-state index contributed by atoms with van der Waals surface area (Å²) < 4.78 is 0. The third-order valence-electron chi connectivity index (χ3n) is 6.72. The Morgan fingerprint density at radius 1 is 0.786 bits per heavy atom. The maximum absolute atomic E-state index is 13.7. The number of carbonyl (C=O) groups excluding carboxylic acids is 3. The van der Waals surface area contributed by atoms with Crippen molar-refractivity contribution in [2.75, 3.05) is 27.7 Å². The van der Waals surface area contributed by atoms with Gasteiger partial charge < -0.3 is 31.9 Å². The minimum atomic E-state index is -0.786. The lowest BCUT2D eigenvalue weighted by molar-refractivity contribution is -0.129. The molecule has 6 N–H and O–H groups in total. The van der Waals surface area contributed by atoms with Crippen LogP contribution in [-0.4, -0.2) is 67.3 Å². The van der Waals surface area contributed by atoms with Gasteiger partial charge in [0, 0.05) is 40.8 Å². The summed E-state index contributed by atoms with van der Waals surface area (Å²) in [5.74, 6) is -1.16. The van der Waals surface area contributed by atoms with Gasteiger partial charge in [-0.25, -0.2) is 4.79 Å². The van der Waals surface area contributed by atoms with Crippen LogP contribution >= 0.6 is 0 Å². The van der Waals surface area contributed by atoms with Gasteiger partial charge in [0.15, 0.2) is 5.96 Å². The molecule has 10 heteroatoms. The van der Waals surface area contributed by atoms with E-state index in [0.717, 1.165) is 22.3 Å². The predicted molar refractivity (Wildman–Crippen MR) is 165 cm³/mol. The van der Waals surface area contributed by atoms with Crippen LogP contribution < -0.4 is 22.1 Å². The number of guanidine groups is 1. The molecule has 0 aromatic heterocycles. The number of amides is 4. The van der Waals surface area contributed by atoms with Crippen molar-refractivity contribution in [1.29, 1.82) is 0 Å². The molecule has 0 spiro atoms. The van der Waals surface area contributed by atoms with Gasteiger partial charge in [-0.05, 0) is 35.1 Å². The van der Waals surface area contributed by atoms with Gasteiger partial charge in [0.05, 0.1) is 5.92 Å². The molecule has 0 bridgehead atoms. The predicted octanol–water partition coefficient (Wildman–Crippen LogP) is 2.79. The summed E-state index contributed by atoms with van der Waals surface area (Å²) in [6, 6.07) is 25.8. The van der Waals surface area contributed by atoms with Gasteiger partial charge in [-0.15, -0.1) is 0 Å². The number of aliphatic imine (C=N–C) groups is 1. The minimum absolute atomic E-state index is 0.0195. The molecule has 0 heterocycles. The quantitative estimate of drug-likeness (QED) is 0.142. The zero-order valence-electron chi connectivity index (χ0n) is 24.5. The minimum Gasteiger partial charge on any atom is -0.370 e. The molecule has 0 saturated carbocycles. The van der Waals surface area contributed by atoms with Gasteiger partial charge >= 0.3 is 6.03 Å². The molecule has 0 aliphatic carbocycles. The van der Waals surface area contributed by atoms with Crippen LogP contribution in [0.3, 0.4) is 0 Å². The molecule has 10 nitrogen and oxygen atoms in total. The normalized spacial score (nSPS) is 11.3. The first kappa shape index (κ1) is 31.7. The number of benzene rings is 3. The molecular weight excluding hydrogens is 530 g/mol. The van der Waals surface area contributed by atoms with E-state index in [2.05, 4.69) is 15.6 Å². The number of rotatable bonds is 13. The van der Waals surface area contributed by atoms with E-state index in [1.165, 1.54) is 4.90 Å². The molecule has 0 saturated heterocycles. The van der Waals surface area contributed by atoms with E-state index in [1.807, 2.05) is 84.9 Å². The lowest BCUT2D eigenvalue weighted by atomic mass is 9.90. The van der Waals surface area contributed by atoms with E-state index in [4.69, 9.17) is 11.5 Å². The topological polar surface area (TPSA) is 146 Å². The number of hydrogen-bond acceptors (Lipinski definition) is 4. The zero-order chi connectivity index (χ0) is 30.5. The number of hydrogen-bond donors (Lipinski definition) is 4. The summed E-state index contributed by atoms with van der Waals surface area (Å²) in [5, 5.41) is 5.94. The molecular formula is C32H41N7O3. The van der Waals surface area contributed by atoms with Crippen LogP contribution in [-0.2, 0) is 22.7 Å². The molecule has 3 aromatic carbocycles. The van der Waals surface area contributed by atoms with Gasteiger partial charge in [-0.1, -0.05) is 84.9 Å². The van der Waals surface area contributed by atoms with Crippen LogP contribution in [0, 0.1) is 0 Å². The number of nitrogens with two attached hydrogens (primary N) is 2. The third-order valence-corrected chi connectivity index (χ3v) is 6.72. The molecule has 1 atom stereocenters. The highest BCUT2D eigenvalue weighted by Gasteiger charge is 2.27. The largest absolute Gasteiger partial charge is 0.370 e. The molecule has 3 aromatic rings. The fourth-order valence-electron chi connectivity index (χ4n) is 4.57. The fraction of sp³-hybridized carbons (Fsp3) is 0.312. The van der Waals surface area contributed by atoms with Gasteiger partial charge in [0.2, 0.25) is 11.8 Å². The monoisotopic (exact) mass is 571 g/mol. The van der Waals surface area contributed by atoms with Crippen molar-refractivity contribution in [3.63, 3.8) is 0 Å². The number of nitrogens with one attached hydrogen (secondary N) is 2. The van der Waals surface area contributed by atoms with Crippen LogP contribution in [0.5, 0.6) is 0 Å². The van der Waals surface area contributed by atoms with Crippen LogP contribution in [0.2, 0.25) is 0 Å². The Kier molecular flexibility index (Phi) is 11.9. The number of carbonyl (C=O) groups is 3. The second kappa shape index (κ2) is 15.8. The SMILES string of the molecule is CN(C)C(=O)N(C)Cc1ccc(CNC(=O)[C@@H](CCCN=C(N)N)NC(=O)C(c2ccccc2)c2ccccc2)cc1. The number of urea groups is 1. The highest BCUT2D eigenvalue weighted by molar-refractivity contribution is 5.92. The van der Waals surface area contributed by atoms with Gasteiger partial charge in [0.1, 0.15) is 6.04 Å². The smallest absolute Gasteiger partial charge is 0.319 e. The Hall–Kier alpha value is -4.86. The van der Waals surface area contributed by atoms with E-state index in [0.29, 0.717) is 25.9 Å². The molecule has 0 radical (unpaired) electrons. The second-order valence-corrected chi connectivity index (χ2v) is 10.3. The molecule has 0 unspecified atom stereocenters. The van der Waals surface area contributed by atoms with Crippen molar-refractivity contribution >= 4 is 23.8 Å². The Labute approximate surface area is 247 Å². The van der Waals surface area contributed by atoms with Crippen molar-refractivity contribution in [1.82, 2.24) is 20.4 Å². The molecule has 3 rings (SSSR count). The fourth-order valence-corrected chi connectivity index (χ4v) is 4.57. The summed E-state index contributed by atoms with van der Waals surface area (Å²) >= 11 is 0. The molecule has 42 heavy (non-hydrogen) atoms. The van der Waals surface area contributed by atoms with Gasteiger partial charge in [0.25, 0.3) is 0 Å². The third kappa shape index (κ3) is 9.65. The van der Waals surface area contributed by atoms with Crippen LogP contribution in [0.4, 0.5) is 4.79 Å². The zero-order valence-corrected chi connectivity index (χ0v) is 24.5. The number of nitrogens with zero attached hydrogens (tertiary/aromatic N) is 3. The Morgan fingerprint density at radius 3 is 1.86 bits per heavy atom. The Balaban J connectivity index is 1.70. The summed E-state index contributed by atoms with van der Waals surface area (Å²) in [6.45, 7) is 1.10. The standard InChI is InChI=1S/C32H41N7O3/c1-38(2)32(42)39(3)22-24-18-16-23(17-19-24)21-36-29(40)27(15-10-20-35-31(33)34)37-30(41)28(25-11-6-4-7-12-25)26-13-8-5-9-14-26/h4-9,11-14,16-19,27-28H,10,15,20-22H2,1-3H3,(H,36,40)(H,37,41)(H4,33,34,35)/t27-/m1/s1. The van der Waals surface area contributed by atoms with E-state index in [9.17, 15) is 14.4 Å². The molecule has 0 aliphatic rings. The Morgan fingerprint density at radius 2 is 1.33 bits per heavy atom. The lowest BCUT2D eigenvalue weighted by Gasteiger charge is -2.23. The summed E-state index contributed by atoms with van der Waals surface area (Å²) in [7, 11) is 5.17. The highest BCUT2D eigenvalue weighted by Crippen LogP contribution is 2.25. The summed E-state index contributed by atoms with van der Waals surface area (Å²) in [6.07, 6.45) is 0.862. The molecule has 0 aliphatic heterocycles. The van der Waals surface area contributed by atoms with E-state index < -0.39 is 12.0 Å². The van der Waals surface area contributed by atoms with Crippen molar-refractivity contribution in [3.05, 3.63) is 107 Å². The molecule has 0 fully saturated rings. The van der Waals surface area contributed by atoms with Crippen molar-refractivity contribution in [2.45, 2.75) is 37.9 Å². The van der Waals surface area contributed by atoms with Crippen molar-refractivity contribution in [2.24, 2.45) is 16.5 Å². The lowest BCUT2D eigenvalue weighted by Crippen LogP contribution is -2.48. The first-order valence-corrected chi connectivity index (χ1v) is 13.9. The second-order valence-electron chi connectivity index (χ2n) is 10.3. The van der Waals surface area contributed by atoms with Crippen molar-refractivity contribution in [3.8, 4) is 0 Å². The molecule has 222 valence electrons. The van der Waals surface area contributed by atoms with E-state index in [1.54, 1.807) is 26.0 Å². The van der Waals surface area contributed by atoms with Crippen LogP contribution in [0.1, 0.15) is 41.0 Å². The van der Waals surface area contributed by atoms with Gasteiger partial charge in [-0.2, -0.15) is 0 Å². The summed E-state index contributed by atoms with van der Waals surface area (Å²) in [5.41, 5.74) is 14.4. The highest BCUT2D eigenvalue weighted by atomic mass is 16.2.